The molecule has 5 rings (SSSR count). The molecule has 0 aliphatic heterocycles. The fourth-order valence-electron chi connectivity index (χ4n) is 4.95. The van der Waals surface area contributed by atoms with Gasteiger partial charge in [0, 0.05) is 6.04 Å². The summed E-state index contributed by atoms with van der Waals surface area (Å²) in [6.07, 6.45) is 6.98. The van der Waals surface area contributed by atoms with E-state index in [1.807, 2.05) is 0 Å². The van der Waals surface area contributed by atoms with Crippen molar-refractivity contribution in [1.29, 1.82) is 0 Å². The SMILES string of the molecule is Fc1ccc(NC2C3CC4CC(C3)CC2C4)c(Cl)c1. The predicted molar refractivity (Wildman–Crippen MR) is 75.9 cm³/mol. The normalized spacial score (nSPS) is 39.6. The molecule has 0 radical (unpaired) electrons. The Morgan fingerprint density at radius 2 is 1.63 bits per heavy atom. The zero-order valence-corrected chi connectivity index (χ0v) is 11.7. The first-order chi connectivity index (χ1) is 9.19. The summed E-state index contributed by atoms with van der Waals surface area (Å²) in [4.78, 5) is 0. The maximum Gasteiger partial charge on any atom is 0.124 e. The van der Waals surface area contributed by atoms with E-state index in [0.717, 1.165) is 29.4 Å². The molecule has 19 heavy (non-hydrogen) atoms. The molecule has 4 aliphatic rings. The maximum absolute atomic E-state index is 13.1. The molecule has 0 unspecified atom stereocenters. The number of hydrogen-bond acceptors (Lipinski definition) is 1. The smallest absolute Gasteiger partial charge is 0.124 e. The molecule has 4 bridgehead atoms. The van der Waals surface area contributed by atoms with Gasteiger partial charge >= 0.3 is 0 Å². The topological polar surface area (TPSA) is 12.0 Å². The highest BCUT2D eigenvalue weighted by atomic mass is 35.5. The highest BCUT2D eigenvalue weighted by Crippen LogP contribution is 2.54. The molecule has 0 amide bonds. The van der Waals surface area contributed by atoms with E-state index in [-0.39, 0.29) is 5.82 Å². The van der Waals surface area contributed by atoms with E-state index in [1.54, 1.807) is 6.07 Å². The number of halogens is 2. The Kier molecular flexibility index (Phi) is 2.77. The molecule has 4 aliphatic carbocycles. The van der Waals surface area contributed by atoms with Crippen molar-refractivity contribution in [3.8, 4) is 0 Å². The Balaban J connectivity index is 1.56. The van der Waals surface area contributed by atoms with Crippen LogP contribution in [-0.2, 0) is 0 Å². The van der Waals surface area contributed by atoms with Crippen LogP contribution in [0.1, 0.15) is 32.1 Å². The van der Waals surface area contributed by atoms with Crippen LogP contribution in [0.4, 0.5) is 10.1 Å². The van der Waals surface area contributed by atoms with E-state index in [1.165, 1.54) is 44.2 Å². The summed E-state index contributed by atoms with van der Waals surface area (Å²) in [5, 5.41) is 4.13. The number of anilines is 1. The van der Waals surface area contributed by atoms with Crippen LogP contribution < -0.4 is 5.32 Å². The van der Waals surface area contributed by atoms with Crippen LogP contribution in [0, 0.1) is 29.5 Å². The Bertz CT molecular complexity index is 474. The minimum absolute atomic E-state index is 0.263. The van der Waals surface area contributed by atoms with Gasteiger partial charge in [0.05, 0.1) is 10.7 Å². The van der Waals surface area contributed by atoms with Crippen molar-refractivity contribution < 1.29 is 4.39 Å². The van der Waals surface area contributed by atoms with Crippen molar-refractivity contribution >= 4 is 17.3 Å². The van der Waals surface area contributed by atoms with Crippen LogP contribution >= 0.6 is 11.6 Å². The standard InChI is InChI=1S/C16H19ClFN/c17-14-8-13(18)1-2-15(14)19-16-11-4-9-3-10(6-11)7-12(16)5-9/h1-2,8-12,16,19H,3-7H2. The largest absolute Gasteiger partial charge is 0.381 e. The molecule has 0 atom stereocenters. The highest BCUT2D eigenvalue weighted by molar-refractivity contribution is 6.33. The molecule has 1 N–H and O–H groups in total. The van der Waals surface area contributed by atoms with Crippen molar-refractivity contribution in [3.63, 3.8) is 0 Å². The van der Waals surface area contributed by atoms with E-state index in [0.29, 0.717) is 11.1 Å². The van der Waals surface area contributed by atoms with Gasteiger partial charge in [0.1, 0.15) is 5.82 Å². The van der Waals surface area contributed by atoms with E-state index in [2.05, 4.69) is 5.32 Å². The molecule has 0 aromatic heterocycles. The molecule has 0 saturated heterocycles. The molecular formula is C16H19ClFN. The summed E-state index contributed by atoms with van der Waals surface area (Å²) in [7, 11) is 0. The summed E-state index contributed by atoms with van der Waals surface area (Å²) < 4.78 is 13.1. The minimum atomic E-state index is -0.263. The molecule has 102 valence electrons. The first kappa shape index (κ1) is 12.0. The maximum atomic E-state index is 13.1. The third-order valence-electron chi connectivity index (χ3n) is 5.48. The molecule has 3 heteroatoms. The number of benzene rings is 1. The van der Waals surface area contributed by atoms with Gasteiger partial charge in [0.2, 0.25) is 0 Å². The highest BCUT2D eigenvalue weighted by Gasteiger charge is 2.48. The summed E-state index contributed by atoms with van der Waals surface area (Å²) in [6.45, 7) is 0. The van der Waals surface area contributed by atoms with Gasteiger partial charge in [0.15, 0.2) is 0 Å². The van der Waals surface area contributed by atoms with Gasteiger partial charge in [-0.15, -0.1) is 0 Å². The van der Waals surface area contributed by atoms with Crippen LogP contribution in [0.2, 0.25) is 5.02 Å². The van der Waals surface area contributed by atoms with E-state index < -0.39 is 0 Å². The molecule has 1 aromatic carbocycles. The summed E-state index contributed by atoms with van der Waals surface area (Å²) in [5.74, 6) is 3.30. The number of rotatable bonds is 2. The Morgan fingerprint density at radius 3 is 2.21 bits per heavy atom. The summed E-state index contributed by atoms with van der Waals surface area (Å²) >= 11 is 6.14. The van der Waals surface area contributed by atoms with Gasteiger partial charge in [-0.2, -0.15) is 0 Å². The van der Waals surface area contributed by atoms with Crippen molar-refractivity contribution in [2.24, 2.45) is 23.7 Å². The van der Waals surface area contributed by atoms with Gasteiger partial charge < -0.3 is 5.32 Å². The molecule has 1 nitrogen and oxygen atoms in total. The van der Waals surface area contributed by atoms with Crippen LogP contribution in [-0.4, -0.2) is 6.04 Å². The van der Waals surface area contributed by atoms with Crippen LogP contribution in [0.5, 0.6) is 0 Å². The molecule has 0 spiro atoms. The Morgan fingerprint density at radius 1 is 1.00 bits per heavy atom. The van der Waals surface area contributed by atoms with Gasteiger partial charge in [-0.05, 0) is 74.0 Å². The first-order valence-electron chi connectivity index (χ1n) is 7.40. The summed E-state index contributed by atoms with van der Waals surface area (Å²) in [6, 6.07) is 5.23. The Hall–Kier alpha value is -0.760. The third-order valence-corrected chi connectivity index (χ3v) is 5.79. The van der Waals surface area contributed by atoms with Crippen molar-refractivity contribution in [2.45, 2.75) is 38.1 Å². The first-order valence-corrected chi connectivity index (χ1v) is 7.78. The Labute approximate surface area is 118 Å². The van der Waals surface area contributed by atoms with Crippen molar-refractivity contribution in [3.05, 3.63) is 29.0 Å². The lowest BCUT2D eigenvalue weighted by atomic mass is 9.54. The third kappa shape index (κ3) is 2.05. The molecule has 1 aromatic rings. The fourth-order valence-corrected chi connectivity index (χ4v) is 5.17. The van der Waals surface area contributed by atoms with Gasteiger partial charge in [0.25, 0.3) is 0 Å². The molecule has 4 fully saturated rings. The van der Waals surface area contributed by atoms with Crippen molar-refractivity contribution in [2.75, 3.05) is 5.32 Å². The quantitative estimate of drug-likeness (QED) is 0.826. The lowest BCUT2D eigenvalue weighted by Gasteiger charge is -2.54. The zero-order chi connectivity index (χ0) is 13.0. The minimum Gasteiger partial charge on any atom is -0.381 e. The van der Waals surface area contributed by atoms with Gasteiger partial charge in [-0.25, -0.2) is 4.39 Å². The molecule has 0 heterocycles. The van der Waals surface area contributed by atoms with E-state index >= 15 is 0 Å². The second-order valence-corrected chi connectivity index (χ2v) is 7.13. The van der Waals surface area contributed by atoms with Crippen LogP contribution in [0.3, 0.4) is 0 Å². The van der Waals surface area contributed by atoms with Gasteiger partial charge in [-0.1, -0.05) is 11.6 Å². The predicted octanol–water partition coefficient (Wildman–Crippen LogP) is 4.72. The lowest BCUT2D eigenvalue weighted by molar-refractivity contribution is 0.00754. The number of nitrogens with one attached hydrogen (secondary N) is 1. The van der Waals surface area contributed by atoms with Gasteiger partial charge in [-0.3, -0.25) is 0 Å². The second-order valence-electron chi connectivity index (χ2n) is 6.73. The zero-order valence-electron chi connectivity index (χ0n) is 10.9. The number of hydrogen-bond donors (Lipinski definition) is 1. The van der Waals surface area contributed by atoms with Crippen LogP contribution in [0.15, 0.2) is 18.2 Å². The fraction of sp³-hybridized carbons (Fsp3) is 0.625. The monoisotopic (exact) mass is 279 g/mol. The average molecular weight is 280 g/mol. The van der Waals surface area contributed by atoms with Crippen molar-refractivity contribution in [1.82, 2.24) is 0 Å². The van der Waals surface area contributed by atoms with Crippen LogP contribution in [0.25, 0.3) is 0 Å². The molecular weight excluding hydrogens is 261 g/mol. The second kappa shape index (κ2) is 4.37. The van der Waals surface area contributed by atoms with E-state index in [4.69, 9.17) is 11.6 Å². The molecule has 4 saturated carbocycles. The average Bonchev–Trinajstić information content (AvgIpc) is 2.35. The lowest BCUT2D eigenvalue weighted by Crippen LogP contribution is -2.51. The summed E-state index contributed by atoms with van der Waals surface area (Å²) in [5.41, 5.74) is 0.903. The van der Waals surface area contributed by atoms with E-state index in [9.17, 15) is 4.39 Å².